The van der Waals surface area contributed by atoms with E-state index in [-0.39, 0.29) is 5.56 Å². The van der Waals surface area contributed by atoms with Gasteiger partial charge in [-0.2, -0.15) is 0 Å². The van der Waals surface area contributed by atoms with Gasteiger partial charge in [0.2, 0.25) is 0 Å². The van der Waals surface area contributed by atoms with Crippen LogP contribution in [-0.4, -0.2) is 31.4 Å². The largest absolute Gasteiger partial charge is 0.306 e. The number of hydrogen-bond acceptors (Lipinski definition) is 5. The van der Waals surface area contributed by atoms with Gasteiger partial charge in [0.15, 0.2) is 0 Å². The molecule has 150 valence electrons. The van der Waals surface area contributed by atoms with Crippen LogP contribution in [0.15, 0.2) is 53.6 Å². The quantitative estimate of drug-likeness (QED) is 0.512. The summed E-state index contributed by atoms with van der Waals surface area (Å²) in [5, 5.41) is 1.59. The molecule has 0 radical (unpaired) electrons. The average molecular weight is 418 g/mol. The van der Waals surface area contributed by atoms with Gasteiger partial charge in [-0.3, -0.25) is 14.7 Å². The van der Waals surface area contributed by atoms with E-state index >= 15 is 0 Å². The first-order valence-corrected chi connectivity index (χ1v) is 10.3. The van der Waals surface area contributed by atoms with Gasteiger partial charge in [0, 0.05) is 55.0 Å². The second kappa shape index (κ2) is 7.63. The van der Waals surface area contributed by atoms with Crippen molar-refractivity contribution >= 4 is 22.5 Å². The first-order valence-electron chi connectivity index (χ1n) is 9.87. The Hall–Kier alpha value is -3.09. The molecule has 1 aromatic carbocycles. The molecule has 4 aromatic rings. The maximum absolute atomic E-state index is 12.8. The summed E-state index contributed by atoms with van der Waals surface area (Å²) < 4.78 is 0. The molecule has 0 unspecified atom stereocenters. The molecule has 1 N–H and O–H groups in total. The zero-order chi connectivity index (χ0) is 20.7. The van der Waals surface area contributed by atoms with E-state index < -0.39 is 0 Å². The second-order valence-electron chi connectivity index (χ2n) is 7.68. The molecular formula is C23H20ClN5O. The lowest BCUT2D eigenvalue weighted by atomic mass is 10.0. The van der Waals surface area contributed by atoms with Crippen LogP contribution in [0.1, 0.15) is 22.4 Å². The first-order chi connectivity index (χ1) is 14.6. The van der Waals surface area contributed by atoms with Crippen LogP contribution in [-0.2, 0) is 19.5 Å². The highest BCUT2D eigenvalue weighted by Crippen LogP contribution is 2.25. The van der Waals surface area contributed by atoms with E-state index in [0.717, 1.165) is 39.8 Å². The number of nitrogens with zero attached hydrogens (tertiary/aromatic N) is 4. The van der Waals surface area contributed by atoms with Gasteiger partial charge in [-0.05, 0) is 37.3 Å². The summed E-state index contributed by atoms with van der Waals surface area (Å²) >= 11 is 6.46. The molecule has 5 rings (SSSR count). The number of aromatic nitrogens is 4. The van der Waals surface area contributed by atoms with Crippen molar-refractivity contribution in [3.05, 3.63) is 86.7 Å². The van der Waals surface area contributed by atoms with Crippen molar-refractivity contribution in [3.63, 3.8) is 0 Å². The Morgan fingerprint density at radius 2 is 2.10 bits per heavy atom. The number of pyridine rings is 2. The van der Waals surface area contributed by atoms with E-state index in [1.54, 1.807) is 12.4 Å². The summed E-state index contributed by atoms with van der Waals surface area (Å²) in [6.07, 6.45) is 4.12. The van der Waals surface area contributed by atoms with E-state index in [4.69, 9.17) is 16.6 Å². The number of hydrogen-bond donors (Lipinski definition) is 1. The number of aryl methyl sites for hydroxylation is 1. The van der Waals surface area contributed by atoms with Crippen LogP contribution in [0.5, 0.6) is 0 Å². The lowest BCUT2D eigenvalue weighted by Gasteiger charge is -2.28. The van der Waals surface area contributed by atoms with Crippen molar-refractivity contribution in [1.29, 1.82) is 0 Å². The second-order valence-corrected chi connectivity index (χ2v) is 8.03. The molecule has 3 aromatic heterocycles. The highest BCUT2D eigenvalue weighted by atomic mass is 35.5. The van der Waals surface area contributed by atoms with Gasteiger partial charge in [0.25, 0.3) is 5.56 Å². The predicted octanol–water partition coefficient (Wildman–Crippen LogP) is 3.90. The zero-order valence-electron chi connectivity index (χ0n) is 16.5. The predicted molar refractivity (Wildman–Crippen MR) is 117 cm³/mol. The summed E-state index contributed by atoms with van der Waals surface area (Å²) in [4.78, 5) is 31.2. The number of halogens is 1. The van der Waals surface area contributed by atoms with E-state index in [9.17, 15) is 4.79 Å². The summed E-state index contributed by atoms with van der Waals surface area (Å²) in [6, 6.07) is 12.0. The van der Waals surface area contributed by atoms with Crippen molar-refractivity contribution in [2.24, 2.45) is 0 Å². The molecule has 1 aliphatic heterocycles. The SMILES string of the molecule is Cc1ccc2nc(Cl)c(CN3CCc4nc(-c5cccnc5)[nH]c(=O)c4C3)cc2c1. The van der Waals surface area contributed by atoms with E-state index in [1.165, 1.54) is 5.56 Å². The van der Waals surface area contributed by atoms with Crippen molar-refractivity contribution in [2.75, 3.05) is 6.54 Å². The van der Waals surface area contributed by atoms with Crippen molar-refractivity contribution in [1.82, 2.24) is 24.8 Å². The molecular weight excluding hydrogens is 398 g/mol. The minimum absolute atomic E-state index is 0.0955. The molecule has 0 amide bonds. The molecule has 0 aliphatic carbocycles. The highest BCUT2D eigenvalue weighted by molar-refractivity contribution is 6.30. The van der Waals surface area contributed by atoms with Gasteiger partial charge < -0.3 is 4.98 Å². The molecule has 0 saturated heterocycles. The number of fused-ring (bicyclic) bond motifs is 2. The van der Waals surface area contributed by atoms with Crippen LogP contribution in [0.2, 0.25) is 5.15 Å². The van der Waals surface area contributed by atoms with Crippen LogP contribution in [0, 0.1) is 6.92 Å². The fraction of sp³-hybridized carbons (Fsp3) is 0.217. The average Bonchev–Trinajstić information content (AvgIpc) is 2.75. The van der Waals surface area contributed by atoms with Gasteiger partial charge in [-0.15, -0.1) is 0 Å². The Kier molecular flexibility index (Phi) is 4.81. The molecule has 0 spiro atoms. The van der Waals surface area contributed by atoms with Crippen LogP contribution < -0.4 is 5.56 Å². The first kappa shape index (κ1) is 18.9. The van der Waals surface area contributed by atoms with Crippen LogP contribution in [0.3, 0.4) is 0 Å². The molecule has 7 heteroatoms. The molecule has 0 atom stereocenters. The van der Waals surface area contributed by atoms with Crippen molar-refractivity contribution in [3.8, 4) is 11.4 Å². The molecule has 6 nitrogen and oxygen atoms in total. The highest BCUT2D eigenvalue weighted by Gasteiger charge is 2.22. The van der Waals surface area contributed by atoms with Gasteiger partial charge in [0.1, 0.15) is 11.0 Å². The summed E-state index contributed by atoms with van der Waals surface area (Å²) in [7, 11) is 0. The fourth-order valence-corrected chi connectivity index (χ4v) is 4.13. The van der Waals surface area contributed by atoms with Crippen LogP contribution in [0.25, 0.3) is 22.3 Å². The van der Waals surface area contributed by atoms with Gasteiger partial charge in [-0.1, -0.05) is 23.2 Å². The Balaban J connectivity index is 1.42. The van der Waals surface area contributed by atoms with Gasteiger partial charge in [-0.25, -0.2) is 9.97 Å². The molecule has 30 heavy (non-hydrogen) atoms. The molecule has 0 bridgehead atoms. The third kappa shape index (κ3) is 3.60. The minimum atomic E-state index is -0.0955. The maximum atomic E-state index is 12.8. The third-order valence-electron chi connectivity index (χ3n) is 5.47. The Morgan fingerprint density at radius 1 is 1.20 bits per heavy atom. The normalized spacial score (nSPS) is 14.1. The Morgan fingerprint density at radius 3 is 2.93 bits per heavy atom. The number of benzene rings is 1. The number of aromatic amines is 1. The topological polar surface area (TPSA) is 74.8 Å². The number of rotatable bonds is 3. The number of nitrogens with one attached hydrogen (secondary N) is 1. The summed E-state index contributed by atoms with van der Waals surface area (Å²) in [5.41, 5.74) is 5.33. The van der Waals surface area contributed by atoms with E-state index in [2.05, 4.69) is 38.9 Å². The fourth-order valence-electron chi connectivity index (χ4n) is 3.92. The monoisotopic (exact) mass is 417 g/mol. The summed E-state index contributed by atoms with van der Waals surface area (Å²) in [5.74, 6) is 0.567. The molecule has 0 fully saturated rings. The van der Waals surface area contributed by atoms with Crippen LogP contribution >= 0.6 is 11.6 Å². The number of H-pyrrole nitrogens is 1. The third-order valence-corrected chi connectivity index (χ3v) is 5.80. The standard InChI is InChI=1S/C23H20ClN5O/c1-14-4-5-19-16(9-14)10-17(21(24)26-19)12-29-8-6-20-18(13-29)23(30)28-22(27-20)15-3-2-7-25-11-15/h2-5,7,9-11H,6,8,12-13H2,1H3,(H,27,28,30). The molecule has 4 heterocycles. The smallest absolute Gasteiger partial charge is 0.255 e. The summed E-state index contributed by atoms with van der Waals surface area (Å²) in [6.45, 7) is 4.04. The van der Waals surface area contributed by atoms with Crippen LogP contribution in [0.4, 0.5) is 0 Å². The molecule has 0 saturated carbocycles. The zero-order valence-corrected chi connectivity index (χ0v) is 17.3. The molecule has 1 aliphatic rings. The van der Waals surface area contributed by atoms with E-state index in [1.807, 2.05) is 24.3 Å². The van der Waals surface area contributed by atoms with Crippen molar-refractivity contribution < 1.29 is 0 Å². The Bertz CT molecular complexity index is 1300. The lowest BCUT2D eigenvalue weighted by Crippen LogP contribution is -2.35. The van der Waals surface area contributed by atoms with E-state index in [0.29, 0.717) is 30.5 Å². The van der Waals surface area contributed by atoms with Gasteiger partial charge in [0.05, 0.1) is 16.8 Å². The Labute approximate surface area is 178 Å². The van der Waals surface area contributed by atoms with Gasteiger partial charge >= 0.3 is 0 Å². The minimum Gasteiger partial charge on any atom is -0.306 e. The van der Waals surface area contributed by atoms with Crippen molar-refractivity contribution in [2.45, 2.75) is 26.4 Å². The lowest BCUT2D eigenvalue weighted by molar-refractivity contribution is 0.242. The maximum Gasteiger partial charge on any atom is 0.255 e.